The van der Waals surface area contributed by atoms with Crippen molar-refractivity contribution in [2.75, 3.05) is 27.2 Å². The first-order chi connectivity index (χ1) is 9.78. The minimum Gasteiger partial charge on any atom is -0.469 e. The SMILES string of the molecule is C=CN=C(N1CCC(C(=O)OC)CC1)N(C)OC(C)(C)C. The molecule has 0 spiro atoms. The van der Waals surface area contributed by atoms with Gasteiger partial charge in [0, 0.05) is 26.3 Å². The average Bonchev–Trinajstić information content (AvgIpc) is 2.42. The van der Waals surface area contributed by atoms with Gasteiger partial charge in [-0.05, 0) is 33.6 Å². The summed E-state index contributed by atoms with van der Waals surface area (Å²) in [6.07, 6.45) is 3.02. The molecule has 1 rings (SSSR count). The highest BCUT2D eigenvalue weighted by molar-refractivity contribution is 5.80. The van der Waals surface area contributed by atoms with Crippen molar-refractivity contribution in [3.8, 4) is 0 Å². The molecule has 0 amide bonds. The van der Waals surface area contributed by atoms with Crippen molar-refractivity contribution < 1.29 is 14.4 Å². The van der Waals surface area contributed by atoms with Crippen molar-refractivity contribution >= 4 is 11.9 Å². The summed E-state index contributed by atoms with van der Waals surface area (Å²) in [5.74, 6) is 0.560. The number of rotatable bonds is 3. The van der Waals surface area contributed by atoms with Gasteiger partial charge in [-0.1, -0.05) is 6.58 Å². The van der Waals surface area contributed by atoms with E-state index >= 15 is 0 Å². The number of hydrogen-bond acceptors (Lipinski definition) is 4. The van der Waals surface area contributed by atoms with E-state index in [0.29, 0.717) is 5.96 Å². The van der Waals surface area contributed by atoms with Crippen molar-refractivity contribution in [3.05, 3.63) is 12.8 Å². The smallest absolute Gasteiger partial charge is 0.308 e. The lowest BCUT2D eigenvalue weighted by Gasteiger charge is -2.37. The second kappa shape index (κ2) is 7.45. The Balaban J connectivity index is 2.70. The van der Waals surface area contributed by atoms with Gasteiger partial charge in [-0.15, -0.1) is 0 Å². The average molecular weight is 297 g/mol. The third kappa shape index (κ3) is 5.38. The fourth-order valence-corrected chi connectivity index (χ4v) is 2.38. The highest BCUT2D eigenvalue weighted by atomic mass is 16.7. The Morgan fingerprint density at radius 1 is 1.38 bits per heavy atom. The molecule has 0 aliphatic carbocycles. The lowest BCUT2D eigenvalue weighted by molar-refractivity contribution is -0.174. The lowest BCUT2D eigenvalue weighted by atomic mass is 9.97. The van der Waals surface area contributed by atoms with Gasteiger partial charge in [-0.25, -0.2) is 10.1 Å². The van der Waals surface area contributed by atoms with E-state index in [1.165, 1.54) is 13.3 Å². The minimum absolute atomic E-state index is 0.0231. The van der Waals surface area contributed by atoms with Crippen LogP contribution in [0.3, 0.4) is 0 Å². The molecule has 1 fully saturated rings. The van der Waals surface area contributed by atoms with E-state index in [9.17, 15) is 4.79 Å². The summed E-state index contributed by atoms with van der Waals surface area (Å²) in [7, 11) is 3.27. The topological polar surface area (TPSA) is 54.4 Å². The van der Waals surface area contributed by atoms with Crippen LogP contribution in [0.1, 0.15) is 33.6 Å². The second-order valence-corrected chi connectivity index (χ2v) is 6.10. The number of nitrogens with zero attached hydrogens (tertiary/aromatic N) is 3. The molecule has 0 N–H and O–H groups in total. The van der Waals surface area contributed by atoms with Gasteiger partial charge in [-0.2, -0.15) is 0 Å². The molecule has 0 aromatic rings. The number of methoxy groups -OCH3 is 1. The standard InChI is InChI=1S/C15H27N3O3/c1-7-16-14(17(5)21-15(2,3)4)18-10-8-12(9-11-18)13(19)20-6/h7,12H,1,8-11H2,2-6H3. The first-order valence-electron chi connectivity index (χ1n) is 7.23. The van der Waals surface area contributed by atoms with Gasteiger partial charge in [0.25, 0.3) is 0 Å². The molecule has 1 saturated heterocycles. The summed E-state index contributed by atoms with van der Waals surface area (Å²) < 4.78 is 4.81. The quantitative estimate of drug-likeness (QED) is 0.345. The van der Waals surface area contributed by atoms with Crippen LogP contribution in [0.15, 0.2) is 17.8 Å². The van der Waals surface area contributed by atoms with Gasteiger partial charge in [0.2, 0.25) is 5.96 Å². The van der Waals surface area contributed by atoms with Crippen molar-refractivity contribution in [2.45, 2.75) is 39.2 Å². The third-order valence-electron chi connectivity index (χ3n) is 3.21. The number of aliphatic imine (C=N–C) groups is 1. The Labute approximate surface area is 127 Å². The number of piperidine rings is 1. The fourth-order valence-electron chi connectivity index (χ4n) is 2.38. The number of likely N-dealkylation sites (tertiary alicyclic amines) is 1. The number of carbonyl (C=O) groups excluding carboxylic acids is 1. The van der Waals surface area contributed by atoms with Gasteiger partial charge < -0.3 is 9.64 Å². The van der Waals surface area contributed by atoms with E-state index in [1.54, 1.807) is 5.06 Å². The van der Waals surface area contributed by atoms with Crippen LogP contribution in [0.25, 0.3) is 0 Å². The van der Waals surface area contributed by atoms with E-state index in [4.69, 9.17) is 9.57 Å². The monoisotopic (exact) mass is 297 g/mol. The number of carbonyl (C=O) groups is 1. The van der Waals surface area contributed by atoms with Crippen LogP contribution in [0.2, 0.25) is 0 Å². The zero-order valence-corrected chi connectivity index (χ0v) is 13.8. The van der Waals surface area contributed by atoms with E-state index in [0.717, 1.165) is 25.9 Å². The Morgan fingerprint density at radius 2 is 1.95 bits per heavy atom. The molecule has 6 nitrogen and oxygen atoms in total. The lowest BCUT2D eigenvalue weighted by Crippen LogP contribution is -2.49. The van der Waals surface area contributed by atoms with E-state index in [1.807, 2.05) is 27.8 Å². The molecular weight excluding hydrogens is 270 g/mol. The maximum absolute atomic E-state index is 11.6. The van der Waals surface area contributed by atoms with Crippen molar-refractivity contribution in [1.82, 2.24) is 9.96 Å². The zero-order chi connectivity index (χ0) is 16.0. The van der Waals surface area contributed by atoms with Crippen molar-refractivity contribution in [3.63, 3.8) is 0 Å². The number of guanidine groups is 1. The Morgan fingerprint density at radius 3 is 2.38 bits per heavy atom. The van der Waals surface area contributed by atoms with Gasteiger partial charge in [0.05, 0.1) is 18.6 Å². The van der Waals surface area contributed by atoms with E-state index < -0.39 is 0 Å². The normalized spacial score (nSPS) is 17.6. The molecule has 1 aliphatic heterocycles. The summed E-state index contributed by atoms with van der Waals surface area (Å²) >= 11 is 0. The highest BCUT2D eigenvalue weighted by Crippen LogP contribution is 2.20. The molecule has 0 atom stereocenters. The predicted molar refractivity (Wildman–Crippen MR) is 82.5 cm³/mol. The Bertz CT molecular complexity index is 393. The third-order valence-corrected chi connectivity index (χ3v) is 3.21. The fraction of sp³-hybridized carbons (Fsp3) is 0.733. The molecule has 0 aromatic carbocycles. The number of hydrogen-bond donors (Lipinski definition) is 0. The molecule has 0 unspecified atom stereocenters. The first kappa shape index (κ1) is 17.5. The van der Waals surface area contributed by atoms with Crippen LogP contribution in [0.5, 0.6) is 0 Å². The molecule has 1 aliphatic rings. The van der Waals surface area contributed by atoms with Crippen molar-refractivity contribution in [2.24, 2.45) is 10.9 Å². The number of ether oxygens (including phenoxy) is 1. The van der Waals surface area contributed by atoms with Gasteiger partial charge >= 0.3 is 5.97 Å². The first-order valence-corrected chi connectivity index (χ1v) is 7.23. The van der Waals surface area contributed by atoms with Gasteiger partial charge in [0.1, 0.15) is 0 Å². The van der Waals surface area contributed by atoms with Crippen LogP contribution in [-0.2, 0) is 14.4 Å². The summed E-state index contributed by atoms with van der Waals surface area (Å²) in [5.41, 5.74) is -0.305. The molecule has 0 bridgehead atoms. The van der Waals surface area contributed by atoms with Crippen LogP contribution < -0.4 is 0 Å². The maximum Gasteiger partial charge on any atom is 0.308 e. The molecule has 0 saturated carbocycles. The highest BCUT2D eigenvalue weighted by Gasteiger charge is 2.29. The van der Waals surface area contributed by atoms with Crippen LogP contribution in [0, 0.1) is 5.92 Å². The maximum atomic E-state index is 11.6. The summed E-state index contributed by atoms with van der Waals surface area (Å²) in [6, 6.07) is 0. The van der Waals surface area contributed by atoms with Gasteiger partial charge in [-0.3, -0.25) is 9.63 Å². The molecular formula is C15H27N3O3. The Hall–Kier alpha value is -1.56. The van der Waals surface area contributed by atoms with Crippen LogP contribution in [0.4, 0.5) is 0 Å². The zero-order valence-electron chi connectivity index (χ0n) is 13.8. The molecule has 1 heterocycles. The van der Waals surface area contributed by atoms with Crippen LogP contribution >= 0.6 is 0 Å². The summed E-state index contributed by atoms with van der Waals surface area (Å²) in [4.78, 5) is 23.8. The van der Waals surface area contributed by atoms with Crippen molar-refractivity contribution in [1.29, 1.82) is 0 Å². The molecule has 0 aromatic heterocycles. The number of hydroxylamine groups is 2. The predicted octanol–water partition coefficient (Wildman–Crippen LogP) is 2.03. The number of esters is 1. The van der Waals surface area contributed by atoms with Gasteiger partial charge in [0.15, 0.2) is 0 Å². The molecule has 120 valence electrons. The minimum atomic E-state index is -0.305. The second-order valence-electron chi connectivity index (χ2n) is 6.10. The summed E-state index contributed by atoms with van der Waals surface area (Å²) in [5, 5.41) is 1.67. The molecule has 21 heavy (non-hydrogen) atoms. The largest absolute Gasteiger partial charge is 0.469 e. The molecule has 0 radical (unpaired) electrons. The van der Waals surface area contributed by atoms with E-state index in [-0.39, 0.29) is 17.5 Å². The Kier molecular flexibility index (Phi) is 6.20. The van der Waals surface area contributed by atoms with Crippen LogP contribution in [-0.4, -0.2) is 54.7 Å². The molecule has 6 heteroatoms. The van der Waals surface area contributed by atoms with E-state index in [2.05, 4.69) is 16.5 Å². The summed E-state index contributed by atoms with van der Waals surface area (Å²) in [6.45, 7) is 11.1.